The largest absolute Gasteiger partial charge is 0.491 e. The van der Waals surface area contributed by atoms with Gasteiger partial charge >= 0.3 is 0 Å². The number of hydrogen-bond donors (Lipinski definition) is 3. The van der Waals surface area contributed by atoms with Gasteiger partial charge < -0.3 is 25.4 Å². The van der Waals surface area contributed by atoms with Crippen LogP contribution in [0.2, 0.25) is 0 Å². The number of rotatable bonds is 8. The van der Waals surface area contributed by atoms with E-state index in [4.69, 9.17) is 9.47 Å². The Morgan fingerprint density at radius 2 is 2.03 bits per heavy atom. The van der Waals surface area contributed by atoms with E-state index in [2.05, 4.69) is 35.9 Å². The standard InChI is InChI=1S/C22H27N7O2/c1-14-8-17(30-7-6-23-3)11-26-22(14)31-16-4-5-19-18(9-16)21(28-13-27-19)29-20-12-24-15(2)10-25-20/h4-5,8,10-13,16,19,23H,6-7,9H2,1-3H3,(H,25,29)(H,27,28). The van der Waals surface area contributed by atoms with Crippen LogP contribution in [0.5, 0.6) is 11.6 Å². The molecule has 1 aliphatic heterocycles. The Morgan fingerprint density at radius 1 is 1.13 bits per heavy atom. The van der Waals surface area contributed by atoms with Gasteiger partial charge in [0.15, 0.2) is 0 Å². The molecule has 0 saturated carbocycles. The summed E-state index contributed by atoms with van der Waals surface area (Å²) in [6, 6.07) is 1.92. The molecular formula is C22H27N7O2. The molecule has 3 N–H and O–H groups in total. The predicted octanol–water partition coefficient (Wildman–Crippen LogP) is 2.12. The summed E-state index contributed by atoms with van der Waals surface area (Å²) >= 11 is 0. The zero-order chi connectivity index (χ0) is 21.6. The molecule has 31 heavy (non-hydrogen) atoms. The van der Waals surface area contributed by atoms with Crippen LogP contribution in [-0.4, -0.2) is 53.6 Å². The topological polar surface area (TPSA) is 106 Å². The molecule has 0 spiro atoms. The van der Waals surface area contributed by atoms with Crippen molar-refractivity contribution in [2.75, 3.05) is 25.5 Å². The van der Waals surface area contributed by atoms with Crippen LogP contribution in [0.15, 0.2) is 53.2 Å². The molecular weight excluding hydrogens is 394 g/mol. The van der Waals surface area contributed by atoms with Gasteiger partial charge in [0.2, 0.25) is 5.88 Å². The van der Waals surface area contributed by atoms with Gasteiger partial charge in [-0.05, 0) is 33.0 Å². The van der Waals surface area contributed by atoms with Crippen molar-refractivity contribution in [2.45, 2.75) is 32.4 Å². The Kier molecular flexibility index (Phi) is 6.42. The van der Waals surface area contributed by atoms with Crippen LogP contribution in [0.4, 0.5) is 5.82 Å². The molecule has 2 aromatic rings. The van der Waals surface area contributed by atoms with Crippen LogP contribution in [0.25, 0.3) is 0 Å². The molecule has 2 atom stereocenters. The lowest BCUT2D eigenvalue weighted by atomic mass is 9.93. The number of hydrogen-bond acceptors (Lipinski definition) is 9. The molecule has 0 aromatic carbocycles. The van der Waals surface area contributed by atoms with Crippen LogP contribution < -0.4 is 25.4 Å². The van der Waals surface area contributed by atoms with Crippen LogP contribution in [-0.2, 0) is 0 Å². The average molecular weight is 422 g/mol. The van der Waals surface area contributed by atoms with Crippen molar-refractivity contribution in [3.63, 3.8) is 0 Å². The van der Waals surface area contributed by atoms with Gasteiger partial charge in [0, 0.05) is 24.1 Å². The molecule has 162 valence electrons. The van der Waals surface area contributed by atoms with Crippen molar-refractivity contribution >= 4 is 12.2 Å². The summed E-state index contributed by atoms with van der Waals surface area (Å²) in [5, 5.41) is 9.56. The predicted molar refractivity (Wildman–Crippen MR) is 119 cm³/mol. The molecule has 2 aliphatic rings. The third-order valence-corrected chi connectivity index (χ3v) is 4.97. The minimum Gasteiger partial charge on any atom is -0.491 e. The molecule has 0 amide bonds. The second-order valence-corrected chi connectivity index (χ2v) is 7.43. The van der Waals surface area contributed by atoms with E-state index >= 15 is 0 Å². The highest BCUT2D eigenvalue weighted by molar-refractivity contribution is 5.64. The summed E-state index contributed by atoms with van der Waals surface area (Å²) in [4.78, 5) is 17.6. The summed E-state index contributed by atoms with van der Waals surface area (Å²) < 4.78 is 11.9. The van der Waals surface area contributed by atoms with Gasteiger partial charge in [-0.25, -0.2) is 9.97 Å². The first-order chi connectivity index (χ1) is 15.1. The van der Waals surface area contributed by atoms with E-state index in [-0.39, 0.29) is 12.1 Å². The van der Waals surface area contributed by atoms with Crippen molar-refractivity contribution in [1.29, 1.82) is 0 Å². The number of nitrogens with one attached hydrogen (secondary N) is 3. The van der Waals surface area contributed by atoms with Gasteiger partial charge in [0.1, 0.15) is 30.1 Å². The Labute approximate surface area is 181 Å². The van der Waals surface area contributed by atoms with E-state index in [0.29, 0.717) is 24.7 Å². The van der Waals surface area contributed by atoms with Crippen molar-refractivity contribution in [3.05, 3.63) is 59.5 Å². The first-order valence-electron chi connectivity index (χ1n) is 10.3. The number of pyridine rings is 1. The van der Waals surface area contributed by atoms with Crippen LogP contribution in [0, 0.1) is 13.8 Å². The van der Waals surface area contributed by atoms with Crippen LogP contribution in [0.1, 0.15) is 17.7 Å². The Balaban J connectivity index is 1.46. The molecule has 2 aromatic heterocycles. The SMILES string of the molecule is CNCCOc1cnc(OC2C=CC3N=CNC(Nc4cnc(C)cn4)=C3C2)c(C)c1. The molecule has 3 heterocycles. The van der Waals surface area contributed by atoms with Crippen molar-refractivity contribution in [3.8, 4) is 11.6 Å². The summed E-state index contributed by atoms with van der Waals surface area (Å²) in [7, 11) is 1.89. The number of fused-ring (bicyclic) bond motifs is 1. The normalized spacial score (nSPS) is 19.6. The number of aliphatic imine (C=N–C) groups is 1. The molecule has 4 rings (SSSR count). The number of ether oxygens (including phenoxy) is 2. The molecule has 0 saturated heterocycles. The van der Waals surface area contributed by atoms with Crippen molar-refractivity contribution in [2.24, 2.45) is 4.99 Å². The Morgan fingerprint density at radius 3 is 2.81 bits per heavy atom. The molecule has 1 aliphatic carbocycles. The van der Waals surface area contributed by atoms with Crippen LogP contribution in [0.3, 0.4) is 0 Å². The highest BCUT2D eigenvalue weighted by Crippen LogP contribution is 2.29. The van der Waals surface area contributed by atoms with Gasteiger partial charge in [-0.15, -0.1) is 0 Å². The zero-order valence-electron chi connectivity index (χ0n) is 17.9. The number of nitrogens with zero attached hydrogens (tertiary/aromatic N) is 4. The quantitative estimate of drug-likeness (QED) is 0.440. The average Bonchev–Trinajstić information content (AvgIpc) is 2.78. The lowest BCUT2D eigenvalue weighted by molar-refractivity contribution is 0.230. The monoisotopic (exact) mass is 421 g/mol. The lowest BCUT2D eigenvalue weighted by Crippen LogP contribution is -2.34. The van der Waals surface area contributed by atoms with E-state index in [9.17, 15) is 0 Å². The van der Waals surface area contributed by atoms with E-state index in [1.807, 2.05) is 39.1 Å². The molecule has 9 heteroatoms. The third kappa shape index (κ3) is 5.18. The number of likely N-dealkylation sites (N-methyl/N-ethyl adjacent to an activating group) is 1. The first-order valence-corrected chi connectivity index (χ1v) is 10.3. The fraction of sp³-hybridized carbons (Fsp3) is 0.364. The van der Waals surface area contributed by atoms with E-state index in [1.54, 1.807) is 24.9 Å². The summed E-state index contributed by atoms with van der Waals surface area (Å²) in [5.74, 6) is 2.86. The highest BCUT2D eigenvalue weighted by Gasteiger charge is 2.27. The van der Waals surface area contributed by atoms with Crippen molar-refractivity contribution in [1.82, 2.24) is 25.6 Å². The molecule has 0 radical (unpaired) electrons. The van der Waals surface area contributed by atoms with Gasteiger partial charge in [0.25, 0.3) is 0 Å². The number of anilines is 1. The maximum atomic E-state index is 6.19. The first kappa shape index (κ1) is 20.8. The number of aryl methyl sites for hydroxylation is 2. The number of aromatic nitrogens is 3. The molecule has 9 nitrogen and oxygen atoms in total. The summed E-state index contributed by atoms with van der Waals surface area (Å²) in [5.41, 5.74) is 2.90. The van der Waals surface area contributed by atoms with E-state index < -0.39 is 0 Å². The minimum absolute atomic E-state index is 0.0287. The minimum atomic E-state index is -0.149. The molecule has 2 unspecified atom stereocenters. The van der Waals surface area contributed by atoms with Crippen molar-refractivity contribution < 1.29 is 9.47 Å². The lowest BCUT2D eigenvalue weighted by Gasteiger charge is -2.29. The second-order valence-electron chi connectivity index (χ2n) is 7.43. The fourth-order valence-electron chi connectivity index (χ4n) is 3.35. The molecule has 0 bridgehead atoms. The van der Waals surface area contributed by atoms with Gasteiger partial charge in [-0.2, -0.15) is 0 Å². The van der Waals surface area contributed by atoms with Gasteiger partial charge in [0.05, 0.1) is 36.7 Å². The fourth-order valence-corrected chi connectivity index (χ4v) is 3.35. The smallest absolute Gasteiger partial charge is 0.217 e. The van der Waals surface area contributed by atoms with E-state index in [1.165, 1.54) is 0 Å². The van der Waals surface area contributed by atoms with Gasteiger partial charge in [-0.3, -0.25) is 9.98 Å². The third-order valence-electron chi connectivity index (χ3n) is 4.97. The van der Waals surface area contributed by atoms with Gasteiger partial charge in [-0.1, -0.05) is 6.08 Å². The van der Waals surface area contributed by atoms with E-state index in [0.717, 1.165) is 34.9 Å². The second kappa shape index (κ2) is 9.57. The highest BCUT2D eigenvalue weighted by atomic mass is 16.5. The van der Waals surface area contributed by atoms with Crippen LogP contribution >= 0.6 is 0 Å². The maximum absolute atomic E-state index is 6.19. The molecule has 0 fully saturated rings. The Hall–Kier alpha value is -3.46. The Bertz CT molecular complexity index is 1000. The summed E-state index contributed by atoms with van der Waals surface area (Å²) in [6.45, 7) is 5.25. The zero-order valence-corrected chi connectivity index (χ0v) is 17.9. The summed E-state index contributed by atoms with van der Waals surface area (Å²) in [6.07, 6.45) is 11.5. The maximum Gasteiger partial charge on any atom is 0.217 e.